The summed E-state index contributed by atoms with van der Waals surface area (Å²) in [5.74, 6) is 0.488. The molecule has 0 aliphatic rings. The van der Waals surface area contributed by atoms with Crippen LogP contribution in [-0.4, -0.2) is 0 Å². The molecule has 0 N–H and O–H groups in total. The van der Waals surface area contributed by atoms with E-state index >= 15 is 0 Å². The quantitative estimate of drug-likeness (QED) is 0.618. The zero-order valence-electron chi connectivity index (χ0n) is 9.90. The van der Waals surface area contributed by atoms with Gasteiger partial charge in [0.1, 0.15) is 0 Å². The summed E-state index contributed by atoms with van der Waals surface area (Å²) in [4.78, 5) is 0. The minimum atomic E-state index is 0.488. The molecule has 0 heteroatoms. The summed E-state index contributed by atoms with van der Waals surface area (Å²) in [7, 11) is 0. The van der Waals surface area contributed by atoms with Gasteiger partial charge < -0.3 is 0 Å². The first-order chi connectivity index (χ1) is 7.29. The van der Waals surface area contributed by atoms with Crippen molar-refractivity contribution in [1.82, 2.24) is 0 Å². The molecule has 15 heavy (non-hydrogen) atoms. The van der Waals surface area contributed by atoms with E-state index in [9.17, 15) is 0 Å². The fourth-order valence-corrected chi connectivity index (χ4v) is 1.75. The zero-order valence-corrected chi connectivity index (χ0v) is 9.90. The summed E-state index contributed by atoms with van der Waals surface area (Å²) in [5, 5.41) is 0. The molecule has 0 spiro atoms. The van der Waals surface area contributed by atoms with Gasteiger partial charge in [0.05, 0.1) is 0 Å². The lowest BCUT2D eigenvalue weighted by Gasteiger charge is -2.13. The largest absolute Gasteiger partial charge is 0.0874 e. The van der Waals surface area contributed by atoms with Crippen LogP contribution >= 0.6 is 0 Å². The second-order valence-corrected chi connectivity index (χ2v) is 3.74. The highest BCUT2D eigenvalue weighted by molar-refractivity contribution is 5.33. The van der Waals surface area contributed by atoms with Gasteiger partial charge in [0.25, 0.3) is 0 Å². The first kappa shape index (κ1) is 11.8. The predicted octanol–water partition coefficient (Wildman–Crippen LogP) is 4.70. The Hall–Kier alpha value is -1.30. The molecule has 0 heterocycles. The summed E-state index contributed by atoms with van der Waals surface area (Å²) in [6, 6.07) is 10.7. The third kappa shape index (κ3) is 3.39. The maximum Gasteiger partial charge on any atom is 0.00577 e. The standard InChI is InChI=1S/C15H20/c1-4-9-14(10-5-2)13(3)15-11-7-6-8-12-15/h4,6-13H,5H2,1-3H3/b9-4-,14-10+. The van der Waals surface area contributed by atoms with Crippen LogP contribution in [0.4, 0.5) is 0 Å². The number of rotatable bonds is 4. The molecule has 0 amide bonds. The molecule has 0 bridgehead atoms. The summed E-state index contributed by atoms with van der Waals surface area (Å²) in [6.45, 7) is 6.51. The lowest BCUT2D eigenvalue weighted by Crippen LogP contribution is -1.95. The summed E-state index contributed by atoms with van der Waals surface area (Å²) < 4.78 is 0. The first-order valence-corrected chi connectivity index (χ1v) is 5.67. The van der Waals surface area contributed by atoms with E-state index in [-0.39, 0.29) is 0 Å². The molecule has 0 radical (unpaired) electrons. The van der Waals surface area contributed by atoms with Crippen molar-refractivity contribution in [2.24, 2.45) is 0 Å². The smallest absolute Gasteiger partial charge is 0.00577 e. The van der Waals surface area contributed by atoms with Crippen molar-refractivity contribution in [2.45, 2.75) is 33.1 Å². The van der Waals surface area contributed by atoms with Gasteiger partial charge in [-0.15, -0.1) is 0 Å². The van der Waals surface area contributed by atoms with Crippen LogP contribution in [0, 0.1) is 0 Å². The van der Waals surface area contributed by atoms with Crippen LogP contribution in [0.2, 0.25) is 0 Å². The molecule has 0 aliphatic carbocycles. The molecular formula is C15H20. The van der Waals surface area contributed by atoms with Crippen LogP contribution < -0.4 is 0 Å². The Morgan fingerprint density at radius 2 is 1.93 bits per heavy atom. The van der Waals surface area contributed by atoms with Gasteiger partial charge in [-0.2, -0.15) is 0 Å². The third-order valence-electron chi connectivity index (χ3n) is 2.60. The second-order valence-electron chi connectivity index (χ2n) is 3.74. The summed E-state index contributed by atoms with van der Waals surface area (Å²) >= 11 is 0. The molecule has 1 rings (SSSR count). The van der Waals surface area contributed by atoms with Crippen molar-refractivity contribution in [3.8, 4) is 0 Å². The Morgan fingerprint density at radius 3 is 2.47 bits per heavy atom. The maximum atomic E-state index is 2.30. The molecular weight excluding hydrogens is 180 g/mol. The topological polar surface area (TPSA) is 0 Å². The fourth-order valence-electron chi connectivity index (χ4n) is 1.75. The highest BCUT2D eigenvalue weighted by Gasteiger charge is 2.07. The molecule has 0 saturated heterocycles. The molecule has 1 unspecified atom stereocenters. The van der Waals surface area contributed by atoms with Crippen molar-refractivity contribution in [1.29, 1.82) is 0 Å². The average Bonchev–Trinajstić information content (AvgIpc) is 2.29. The van der Waals surface area contributed by atoms with E-state index in [1.54, 1.807) is 0 Å². The first-order valence-electron chi connectivity index (χ1n) is 5.67. The molecule has 0 aromatic heterocycles. The summed E-state index contributed by atoms with van der Waals surface area (Å²) in [5.41, 5.74) is 2.79. The normalized spacial score (nSPS) is 14.5. The van der Waals surface area contributed by atoms with Gasteiger partial charge in [-0.1, -0.05) is 62.4 Å². The van der Waals surface area contributed by atoms with E-state index < -0.39 is 0 Å². The molecule has 0 saturated carbocycles. The Kier molecular flexibility index (Phi) is 4.89. The predicted molar refractivity (Wildman–Crippen MR) is 68.0 cm³/mol. The molecule has 1 aromatic rings. The minimum Gasteiger partial charge on any atom is -0.0874 e. The SMILES string of the molecule is C/C=C\C(=C/CC)C(C)c1ccccc1. The Balaban J connectivity index is 2.91. The number of benzene rings is 1. The number of hydrogen-bond donors (Lipinski definition) is 0. The minimum absolute atomic E-state index is 0.488. The van der Waals surface area contributed by atoms with Gasteiger partial charge in [-0.05, 0) is 24.5 Å². The second kappa shape index (κ2) is 6.23. The van der Waals surface area contributed by atoms with Gasteiger partial charge in [0, 0.05) is 5.92 Å². The molecule has 0 nitrogen and oxygen atoms in total. The lowest BCUT2D eigenvalue weighted by atomic mass is 9.92. The van der Waals surface area contributed by atoms with E-state index in [0.29, 0.717) is 5.92 Å². The molecule has 80 valence electrons. The third-order valence-corrected chi connectivity index (χ3v) is 2.60. The summed E-state index contributed by atoms with van der Waals surface area (Å²) in [6.07, 6.45) is 7.72. The number of hydrogen-bond acceptors (Lipinski definition) is 0. The van der Waals surface area contributed by atoms with Crippen molar-refractivity contribution in [3.63, 3.8) is 0 Å². The van der Waals surface area contributed by atoms with Crippen LogP contribution in [-0.2, 0) is 0 Å². The van der Waals surface area contributed by atoms with E-state index in [1.165, 1.54) is 11.1 Å². The molecule has 1 aromatic carbocycles. The lowest BCUT2D eigenvalue weighted by molar-refractivity contribution is 0.909. The van der Waals surface area contributed by atoms with Crippen molar-refractivity contribution in [2.75, 3.05) is 0 Å². The van der Waals surface area contributed by atoms with Gasteiger partial charge in [-0.25, -0.2) is 0 Å². The van der Waals surface area contributed by atoms with Crippen LogP contribution in [0.3, 0.4) is 0 Å². The van der Waals surface area contributed by atoms with Crippen LogP contribution in [0.25, 0.3) is 0 Å². The van der Waals surface area contributed by atoms with E-state index in [1.807, 2.05) is 0 Å². The zero-order chi connectivity index (χ0) is 11.1. The van der Waals surface area contributed by atoms with Gasteiger partial charge in [0.2, 0.25) is 0 Å². The van der Waals surface area contributed by atoms with E-state index in [2.05, 4.69) is 69.3 Å². The molecule has 1 atom stereocenters. The van der Waals surface area contributed by atoms with Gasteiger partial charge in [0.15, 0.2) is 0 Å². The van der Waals surface area contributed by atoms with Crippen LogP contribution in [0.15, 0.2) is 54.1 Å². The van der Waals surface area contributed by atoms with Crippen LogP contribution in [0.5, 0.6) is 0 Å². The monoisotopic (exact) mass is 200 g/mol. The Morgan fingerprint density at radius 1 is 1.27 bits per heavy atom. The van der Waals surface area contributed by atoms with Gasteiger partial charge in [-0.3, -0.25) is 0 Å². The van der Waals surface area contributed by atoms with Crippen molar-refractivity contribution < 1.29 is 0 Å². The Labute approximate surface area is 93.3 Å². The van der Waals surface area contributed by atoms with Crippen molar-refractivity contribution in [3.05, 3.63) is 59.7 Å². The van der Waals surface area contributed by atoms with Crippen molar-refractivity contribution >= 4 is 0 Å². The number of allylic oxidation sites excluding steroid dienone is 4. The average molecular weight is 200 g/mol. The fraction of sp³-hybridized carbons (Fsp3) is 0.333. The maximum absolute atomic E-state index is 2.30. The van der Waals surface area contributed by atoms with Gasteiger partial charge >= 0.3 is 0 Å². The highest BCUT2D eigenvalue weighted by atomic mass is 14.1. The highest BCUT2D eigenvalue weighted by Crippen LogP contribution is 2.24. The molecule has 0 fully saturated rings. The van der Waals surface area contributed by atoms with E-state index in [4.69, 9.17) is 0 Å². The molecule has 0 aliphatic heterocycles. The van der Waals surface area contributed by atoms with Crippen LogP contribution in [0.1, 0.15) is 38.7 Å². The Bertz CT molecular complexity index is 330. The van der Waals surface area contributed by atoms with E-state index in [0.717, 1.165) is 6.42 Å².